The Labute approximate surface area is 170 Å². The summed E-state index contributed by atoms with van der Waals surface area (Å²) >= 11 is 11.0. The van der Waals surface area contributed by atoms with Gasteiger partial charge in [-0.1, -0.05) is 23.7 Å². The number of amidine groups is 1. The average Bonchev–Trinajstić information content (AvgIpc) is 2.91. The highest BCUT2D eigenvalue weighted by Gasteiger charge is 2.24. The molecule has 0 aliphatic carbocycles. The lowest BCUT2D eigenvalue weighted by Gasteiger charge is -2.14. The summed E-state index contributed by atoms with van der Waals surface area (Å²) in [6, 6.07) is 11.5. The lowest BCUT2D eigenvalue weighted by atomic mass is 10.2. The van der Waals surface area contributed by atoms with E-state index in [-0.39, 0.29) is 5.91 Å². The number of thioether (sulfide) groups is 1. The summed E-state index contributed by atoms with van der Waals surface area (Å²) in [5.74, 6) is -0.152. The van der Waals surface area contributed by atoms with Crippen molar-refractivity contribution >= 4 is 67.8 Å². The number of hydrogen-bond donors (Lipinski definition) is 1. The molecule has 134 valence electrons. The van der Waals surface area contributed by atoms with Gasteiger partial charge in [0.15, 0.2) is 5.17 Å². The summed E-state index contributed by atoms with van der Waals surface area (Å²) in [7, 11) is 3.97. The van der Waals surface area contributed by atoms with Gasteiger partial charge in [0.05, 0.1) is 16.3 Å². The van der Waals surface area contributed by atoms with E-state index in [0.717, 1.165) is 27.0 Å². The van der Waals surface area contributed by atoms with Gasteiger partial charge >= 0.3 is 0 Å². The topological polar surface area (TPSA) is 44.7 Å². The molecule has 2 aromatic carbocycles. The molecule has 1 N–H and O–H groups in total. The Bertz CT molecular complexity index is 940. The summed E-state index contributed by atoms with van der Waals surface area (Å²) in [6.45, 7) is 1.91. The van der Waals surface area contributed by atoms with E-state index < -0.39 is 0 Å². The molecule has 0 atom stereocenters. The molecule has 0 spiro atoms. The Kier molecular flexibility index (Phi) is 5.75. The maximum absolute atomic E-state index is 12.3. The lowest BCUT2D eigenvalue weighted by molar-refractivity contribution is -0.115. The highest BCUT2D eigenvalue weighted by molar-refractivity contribution is 9.10. The van der Waals surface area contributed by atoms with Crippen LogP contribution in [0.2, 0.25) is 5.02 Å². The van der Waals surface area contributed by atoms with Crippen LogP contribution in [0.4, 0.5) is 11.4 Å². The summed E-state index contributed by atoms with van der Waals surface area (Å²) in [6.07, 6.45) is 1.86. The van der Waals surface area contributed by atoms with E-state index in [1.165, 1.54) is 11.8 Å². The zero-order chi connectivity index (χ0) is 18.8. The molecule has 3 rings (SSSR count). The Hall–Kier alpha value is -1.76. The van der Waals surface area contributed by atoms with Crippen molar-refractivity contribution in [2.24, 2.45) is 4.99 Å². The van der Waals surface area contributed by atoms with Gasteiger partial charge in [-0.05, 0) is 76.1 Å². The van der Waals surface area contributed by atoms with Crippen molar-refractivity contribution in [2.75, 3.05) is 19.0 Å². The van der Waals surface area contributed by atoms with E-state index in [1.807, 2.05) is 68.4 Å². The van der Waals surface area contributed by atoms with E-state index in [9.17, 15) is 4.79 Å². The van der Waals surface area contributed by atoms with Gasteiger partial charge < -0.3 is 10.2 Å². The van der Waals surface area contributed by atoms with Gasteiger partial charge in [0.2, 0.25) is 0 Å². The van der Waals surface area contributed by atoms with Crippen LogP contribution >= 0.6 is 39.3 Å². The van der Waals surface area contributed by atoms with Crippen LogP contribution in [-0.4, -0.2) is 25.2 Å². The van der Waals surface area contributed by atoms with Gasteiger partial charge in [0.25, 0.3) is 5.91 Å². The molecule has 0 radical (unpaired) electrons. The van der Waals surface area contributed by atoms with Crippen molar-refractivity contribution in [1.29, 1.82) is 0 Å². The standard InChI is InChI=1S/C19H17BrClN3OS/c1-11-14(21)5-4-6-15(11)22-19-23-18(25)17(26-19)10-12-7-8-16(24(2)3)13(20)9-12/h4-10H,1-3H3,(H,22,23,25)/b17-10-. The van der Waals surface area contributed by atoms with Gasteiger partial charge in [-0.25, -0.2) is 4.99 Å². The van der Waals surface area contributed by atoms with Crippen LogP contribution in [0.25, 0.3) is 6.08 Å². The second kappa shape index (κ2) is 7.86. The van der Waals surface area contributed by atoms with Gasteiger partial charge in [0, 0.05) is 23.6 Å². The van der Waals surface area contributed by atoms with E-state index in [0.29, 0.717) is 15.1 Å². The zero-order valence-electron chi connectivity index (χ0n) is 14.5. The molecule has 0 saturated carbocycles. The monoisotopic (exact) mass is 449 g/mol. The Morgan fingerprint density at radius 3 is 2.73 bits per heavy atom. The van der Waals surface area contributed by atoms with Crippen molar-refractivity contribution in [3.8, 4) is 0 Å². The zero-order valence-corrected chi connectivity index (χ0v) is 17.7. The molecule has 1 amide bonds. The largest absolute Gasteiger partial charge is 0.377 e. The van der Waals surface area contributed by atoms with Gasteiger partial charge in [-0.3, -0.25) is 4.79 Å². The third-order valence-corrected chi connectivity index (χ3v) is 5.82. The number of halogens is 2. The lowest BCUT2D eigenvalue weighted by Crippen LogP contribution is -2.19. The SMILES string of the molecule is Cc1c(Cl)cccc1N=C1NC(=O)/C(=C/c2ccc(N(C)C)c(Br)c2)S1. The number of rotatable bonds is 3. The van der Waals surface area contributed by atoms with Crippen molar-refractivity contribution < 1.29 is 4.79 Å². The third kappa shape index (κ3) is 4.14. The molecule has 1 fully saturated rings. The number of nitrogens with one attached hydrogen (secondary N) is 1. The molecular weight excluding hydrogens is 434 g/mol. The highest BCUT2D eigenvalue weighted by atomic mass is 79.9. The van der Waals surface area contributed by atoms with Crippen LogP contribution in [0, 0.1) is 6.92 Å². The number of nitrogens with zero attached hydrogens (tertiary/aromatic N) is 2. The quantitative estimate of drug-likeness (QED) is 0.640. The first-order valence-electron chi connectivity index (χ1n) is 7.86. The number of benzene rings is 2. The van der Waals surface area contributed by atoms with Crippen LogP contribution in [0.3, 0.4) is 0 Å². The van der Waals surface area contributed by atoms with Crippen molar-refractivity contribution in [3.63, 3.8) is 0 Å². The molecule has 0 unspecified atom stereocenters. The van der Waals surface area contributed by atoms with E-state index in [1.54, 1.807) is 0 Å². The summed E-state index contributed by atoms with van der Waals surface area (Å²) in [4.78, 5) is 19.4. The Morgan fingerprint density at radius 1 is 1.27 bits per heavy atom. The van der Waals surface area contributed by atoms with Gasteiger partial charge in [-0.2, -0.15) is 0 Å². The van der Waals surface area contributed by atoms with Crippen molar-refractivity contribution in [2.45, 2.75) is 6.92 Å². The minimum atomic E-state index is -0.152. The Morgan fingerprint density at radius 2 is 2.04 bits per heavy atom. The van der Waals surface area contributed by atoms with Gasteiger partial charge in [0.1, 0.15) is 0 Å². The number of anilines is 1. The summed E-state index contributed by atoms with van der Waals surface area (Å²) in [5, 5.41) is 4.01. The molecular formula is C19H17BrClN3OS. The van der Waals surface area contributed by atoms with E-state index in [4.69, 9.17) is 11.6 Å². The minimum absolute atomic E-state index is 0.152. The molecule has 1 heterocycles. The first-order chi connectivity index (χ1) is 12.3. The van der Waals surface area contributed by atoms with Crippen molar-refractivity contribution in [1.82, 2.24) is 5.32 Å². The highest BCUT2D eigenvalue weighted by Crippen LogP contribution is 2.32. The second-order valence-corrected chi connectivity index (χ2v) is 8.26. The number of amides is 1. The molecule has 2 aromatic rings. The number of carbonyl (C=O) groups excluding carboxylic acids is 1. The fourth-order valence-electron chi connectivity index (χ4n) is 2.43. The predicted octanol–water partition coefficient (Wildman–Crippen LogP) is 5.37. The molecule has 7 heteroatoms. The molecule has 1 aliphatic heterocycles. The van der Waals surface area contributed by atoms with Crippen LogP contribution in [0.1, 0.15) is 11.1 Å². The van der Waals surface area contributed by atoms with Gasteiger partial charge in [-0.15, -0.1) is 0 Å². The number of hydrogen-bond acceptors (Lipinski definition) is 4. The van der Waals surface area contributed by atoms with Crippen LogP contribution in [0.15, 0.2) is 50.8 Å². The molecule has 1 aliphatic rings. The molecule has 0 bridgehead atoms. The van der Waals surface area contributed by atoms with E-state index in [2.05, 4.69) is 26.2 Å². The normalized spacial score (nSPS) is 17.0. The second-order valence-electron chi connectivity index (χ2n) is 5.97. The first kappa shape index (κ1) is 19.0. The number of aliphatic imine (C=N–C) groups is 1. The molecule has 4 nitrogen and oxygen atoms in total. The predicted molar refractivity (Wildman–Crippen MR) is 115 cm³/mol. The summed E-state index contributed by atoms with van der Waals surface area (Å²) in [5.41, 5.74) is 3.66. The van der Waals surface area contributed by atoms with Crippen molar-refractivity contribution in [3.05, 3.63) is 61.9 Å². The molecule has 0 aromatic heterocycles. The third-order valence-electron chi connectivity index (χ3n) is 3.86. The minimum Gasteiger partial charge on any atom is -0.377 e. The van der Waals surface area contributed by atoms with Crippen LogP contribution in [0.5, 0.6) is 0 Å². The fourth-order valence-corrected chi connectivity index (χ4v) is 4.19. The Balaban J connectivity index is 1.86. The number of carbonyl (C=O) groups is 1. The van der Waals surface area contributed by atoms with Crippen LogP contribution in [-0.2, 0) is 4.79 Å². The maximum Gasteiger partial charge on any atom is 0.264 e. The van der Waals surface area contributed by atoms with Crippen LogP contribution < -0.4 is 10.2 Å². The van der Waals surface area contributed by atoms with E-state index >= 15 is 0 Å². The maximum atomic E-state index is 12.3. The molecule has 26 heavy (non-hydrogen) atoms. The smallest absolute Gasteiger partial charge is 0.264 e. The average molecular weight is 451 g/mol. The summed E-state index contributed by atoms with van der Waals surface area (Å²) < 4.78 is 0.976. The fraction of sp³-hybridized carbons (Fsp3) is 0.158. The first-order valence-corrected chi connectivity index (χ1v) is 9.85. The molecule has 1 saturated heterocycles.